The van der Waals surface area contributed by atoms with Crippen molar-refractivity contribution < 1.29 is 14.7 Å². The molecule has 0 aromatic heterocycles. The Hall–Kier alpha value is -1.70. The van der Waals surface area contributed by atoms with Gasteiger partial charge >= 0.3 is 12.0 Å². The van der Waals surface area contributed by atoms with Crippen molar-refractivity contribution in [2.45, 2.75) is 32.1 Å². The summed E-state index contributed by atoms with van der Waals surface area (Å²) in [6.45, 7) is 1.67. The van der Waals surface area contributed by atoms with Crippen LogP contribution in [0.15, 0.2) is 0 Å². The van der Waals surface area contributed by atoms with Crippen molar-refractivity contribution in [2.75, 3.05) is 19.6 Å². The Morgan fingerprint density at radius 1 is 1.33 bits per heavy atom. The number of terminal acetylenes is 1. The second kappa shape index (κ2) is 7.59. The summed E-state index contributed by atoms with van der Waals surface area (Å²) in [7, 11) is 0. The predicted molar refractivity (Wildman–Crippen MR) is 68.0 cm³/mol. The van der Waals surface area contributed by atoms with Crippen LogP contribution in [0.4, 0.5) is 4.79 Å². The van der Waals surface area contributed by atoms with Crippen molar-refractivity contribution >= 4 is 12.0 Å². The molecule has 0 aromatic carbocycles. The number of unbranched alkanes of at least 4 members (excludes halogenated alkanes) is 2. The fraction of sp³-hybridized carbons (Fsp3) is 0.692. The van der Waals surface area contributed by atoms with Crippen LogP contribution in [0, 0.1) is 18.3 Å². The fourth-order valence-electron chi connectivity index (χ4n) is 1.99. The van der Waals surface area contributed by atoms with Crippen LogP contribution in [-0.4, -0.2) is 41.6 Å². The van der Waals surface area contributed by atoms with Gasteiger partial charge in [0.05, 0.1) is 5.92 Å². The molecule has 1 heterocycles. The number of hydrogen-bond acceptors (Lipinski definition) is 2. The van der Waals surface area contributed by atoms with E-state index >= 15 is 0 Å². The molecule has 1 fully saturated rings. The molecule has 0 aliphatic carbocycles. The van der Waals surface area contributed by atoms with Gasteiger partial charge in [-0.15, -0.1) is 12.3 Å². The molecule has 0 radical (unpaired) electrons. The lowest BCUT2D eigenvalue weighted by molar-refractivity contribution is -0.143. The number of amides is 2. The number of rotatable bonds is 5. The lowest BCUT2D eigenvalue weighted by atomic mass is 9.97. The van der Waals surface area contributed by atoms with Crippen LogP contribution in [0.1, 0.15) is 32.1 Å². The summed E-state index contributed by atoms with van der Waals surface area (Å²) in [6.07, 6.45) is 8.74. The van der Waals surface area contributed by atoms with E-state index in [1.165, 1.54) is 0 Å². The molecule has 5 heteroatoms. The standard InChI is InChI=1S/C13H20N2O3/c1-2-3-4-5-8-14-13(18)15-9-6-11(7-10-15)12(16)17/h1,11H,3-10H2,(H,14,18)(H,16,17). The maximum absolute atomic E-state index is 11.7. The van der Waals surface area contributed by atoms with E-state index < -0.39 is 5.97 Å². The Balaban J connectivity index is 2.16. The molecule has 0 spiro atoms. The molecule has 100 valence electrons. The van der Waals surface area contributed by atoms with Crippen molar-refractivity contribution in [2.24, 2.45) is 5.92 Å². The van der Waals surface area contributed by atoms with Crippen molar-refractivity contribution in [1.82, 2.24) is 10.2 Å². The monoisotopic (exact) mass is 252 g/mol. The van der Waals surface area contributed by atoms with E-state index in [1.807, 2.05) is 0 Å². The molecule has 1 aliphatic heterocycles. The maximum Gasteiger partial charge on any atom is 0.317 e. The highest BCUT2D eigenvalue weighted by Crippen LogP contribution is 2.17. The maximum atomic E-state index is 11.7. The molecule has 2 amide bonds. The summed E-state index contributed by atoms with van der Waals surface area (Å²) in [4.78, 5) is 24.2. The third kappa shape index (κ3) is 4.66. The number of carbonyl (C=O) groups excluding carboxylic acids is 1. The van der Waals surface area contributed by atoms with Crippen LogP contribution in [-0.2, 0) is 4.79 Å². The molecular formula is C13H20N2O3. The number of urea groups is 1. The lowest BCUT2D eigenvalue weighted by Crippen LogP contribution is -2.45. The third-order valence-corrected chi connectivity index (χ3v) is 3.16. The Morgan fingerprint density at radius 3 is 2.56 bits per heavy atom. The van der Waals surface area contributed by atoms with Crippen LogP contribution < -0.4 is 5.32 Å². The molecule has 1 aliphatic rings. The van der Waals surface area contributed by atoms with Crippen molar-refractivity contribution in [3.63, 3.8) is 0 Å². The summed E-state index contributed by atoms with van der Waals surface area (Å²) in [5.74, 6) is 1.49. The molecule has 18 heavy (non-hydrogen) atoms. The minimum Gasteiger partial charge on any atom is -0.481 e. The zero-order valence-electron chi connectivity index (χ0n) is 10.5. The van der Waals surface area contributed by atoms with Gasteiger partial charge in [-0.2, -0.15) is 0 Å². The molecular weight excluding hydrogens is 232 g/mol. The second-order valence-electron chi connectivity index (χ2n) is 4.49. The average Bonchev–Trinajstić information content (AvgIpc) is 2.38. The average molecular weight is 252 g/mol. The summed E-state index contributed by atoms with van der Waals surface area (Å²) < 4.78 is 0. The van der Waals surface area contributed by atoms with Gasteiger partial charge in [-0.05, 0) is 25.7 Å². The Bertz CT molecular complexity index is 328. The van der Waals surface area contributed by atoms with Crippen molar-refractivity contribution in [3.8, 4) is 12.3 Å². The first-order chi connectivity index (χ1) is 8.65. The van der Waals surface area contributed by atoms with Gasteiger partial charge in [0, 0.05) is 26.1 Å². The first-order valence-corrected chi connectivity index (χ1v) is 6.34. The quantitative estimate of drug-likeness (QED) is 0.572. The van der Waals surface area contributed by atoms with Crippen LogP contribution in [0.3, 0.4) is 0 Å². The number of hydrogen-bond donors (Lipinski definition) is 2. The first kappa shape index (κ1) is 14.4. The van der Waals surface area contributed by atoms with Gasteiger partial charge in [-0.25, -0.2) is 4.79 Å². The molecule has 0 aromatic rings. The number of nitrogens with zero attached hydrogens (tertiary/aromatic N) is 1. The Morgan fingerprint density at radius 2 is 2.00 bits per heavy atom. The highest BCUT2D eigenvalue weighted by Gasteiger charge is 2.26. The van der Waals surface area contributed by atoms with E-state index in [1.54, 1.807) is 4.90 Å². The zero-order valence-corrected chi connectivity index (χ0v) is 10.5. The van der Waals surface area contributed by atoms with E-state index in [2.05, 4.69) is 11.2 Å². The second-order valence-corrected chi connectivity index (χ2v) is 4.49. The van der Waals surface area contributed by atoms with Crippen LogP contribution >= 0.6 is 0 Å². The van der Waals surface area contributed by atoms with Gasteiger partial charge in [0.25, 0.3) is 0 Å². The number of carbonyl (C=O) groups is 2. The minimum absolute atomic E-state index is 0.0976. The van der Waals surface area contributed by atoms with E-state index in [0.717, 1.165) is 19.3 Å². The van der Waals surface area contributed by atoms with E-state index in [0.29, 0.717) is 32.5 Å². The largest absolute Gasteiger partial charge is 0.481 e. The molecule has 1 rings (SSSR count). The molecule has 2 N–H and O–H groups in total. The first-order valence-electron chi connectivity index (χ1n) is 6.34. The molecule has 5 nitrogen and oxygen atoms in total. The number of likely N-dealkylation sites (tertiary alicyclic amines) is 1. The van der Waals surface area contributed by atoms with Crippen LogP contribution in [0.25, 0.3) is 0 Å². The smallest absolute Gasteiger partial charge is 0.317 e. The Kier molecular flexibility index (Phi) is 6.06. The van der Waals surface area contributed by atoms with Gasteiger partial charge in [-0.1, -0.05) is 0 Å². The molecule has 0 saturated carbocycles. The van der Waals surface area contributed by atoms with E-state index in [-0.39, 0.29) is 11.9 Å². The normalized spacial score (nSPS) is 16.1. The third-order valence-electron chi connectivity index (χ3n) is 3.16. The van der Waals surface area contributed by atoms with Crippen molar-refractivity contribution in [1.29, 1.82) is 0 Å². The summed E-state index contributed by atoms with van der Waals surface area (Å²) in [5.41, 5.74) is 0. The molecule has 0 unspecified atom stereocenters. The summed E-state index contributed by atoms with van der Waals surface area (Å²) in [6, 6.07) is -0.0976. The highest BCUT2D eigenvalue weighted by atomic mass is 16.4. The number of nitrogens with one attached hydrogen (secondary N) is 1. The number of carboxylic acid groups (broad SMARTS) is 1. The topological polar surface area (TPSA) is 69.6 Å². The van der Waals surface area contributed by atoms with Gasteiger partial charge in [0.1, 0.15) is 0 Å². The van der Waals surface area contributed by atoms with E-state index in [9.17, 15) is 9.59 Å². The number of carboxylic acids is 1. The van der Waals surface area contributed by atoms with E-state index in [4.69, 9.17) is 11.5 Å². The number of aliphatic carboxylic acids is 1. The zero-order chi connectivity index (χ0) is 13.4. The SMILES string of the molecule is C#CCCCCNC(=O)N1CCC(C(=O)O)CC1. The highest BCUT2D eigenvalue weighted by molar-refractivity contribution is 5.75. The van der Waals surface area contributed by atoms with Gasteiger partial charge in [0.15, 0.2) is 0 Å². The molecule has 1 saturated heterocycles. The lowest BCUT2D eigenvalue weighted by Gasteiger charge is -2.30. The number of piperidine rings is 1. The fourth-order valence-corrected chi connectivity index (χ4v) is 1.99. The molecule has 0 atom stereocenters. The Labute approximate surface area is 108 Å². The molecule has 0 bridgehead atoms. The summed E-state index contributed by atoms with van der Waals surface area (Å²) in [5, 5.41) is 11.7. The van der Waals surface area contributed by atoms with Crippen LogP contribution in [0.2, 0.25) is 0 Å². The minimum atomic E-state index is -0.760. The predicted octanol–water partition coefficient (Wildman–Crippen LogP) is 1.30. The summed E-state index contributed by atoms with van der Waals surface area (Å²) >= 11 is 0. The van der Waals surface area contributed by atoms with Gasteiger partial charge in [-0.3, -0.25) is 4.79 Å². The van der Waals surface area contributed by atoms with Crippen molar-refractivity contribution in [3.05, 3.63) is 0 Å². The van der Waals surface area contributed by atoms with Crippen LogP contribution in [0.5, 0.6) is 0 Å². The van der Waals surface area contributed by atoms with Gasteiger partial charge < -0.3 is 15.3 Å². The van der Waals surface area contributed by atoms with Gasteiger partial charge in [0.2, 0.25) is 0 Å².